The number of carbonyl (C=O) groups is 1. The third-order valence-corrected chi connectivity index (χ3v) is 2.90. The fourth-order valence-electron chi connectivity index (χ4n) is 2.09. The zero-order chi connectivity index (χ0) is 13.3. The smallest absolute Gasteiger partial charge is 0.433 e. The first-order valence-electron chi connectivity index (χ1n) is 5.42. The Bertz CT molecular complexity index is 462. The molecule has 1 aromatic heterocycles. The van der Waals surface area contributed by atoms with Crippen molar-refractivity contribution in [1.82, 2.24) is 4.98 Å². The summed E-state index contributed by atoms with van der Waals surface area (Å²) in [5, 5.41) is 8.99. The number of aromatic nitrogens is 1. The lowest BCUT2D eigenvalue weighted by atomic mass is 10.2. The summed E-state index contributed by atoms with van der Waals surface area (Å²) in [4.78, 5) is 15.7. The minimum atomic E-state index is -4.52. The molecule has 1 atom stereocenters. The quantitative estimate of drug-likeness (QED) is 0.885. The lowest BCUT2D eigenvalue weighted by molar-refractivity contribution is -0.141. The van der Waals surface area contributed by atoms with E-state index in [2.05, 4.69) is 4.98 Å². The van der Waals surface area contributed by atoms with Crippen molar-refractivity contribution in [2.75, 3.05) is 11.4 Å². The second-order valence-corrected chi connectivity index (χ2v) is 4.09. The summed E-state index contributed by atoms with van der Waals surface area (Å²) in [6, 6.07) is 1.53. The molecule has 0 radical (unpaired) electrons. The Morgan fingerprint density at radius 3 is 2.83 bits per heavy atom. The SMILES string of the molecule is O=C(O)C1CCCN1c1ccnc(C(F)(F)F)c1. The number of anilines is 1. The lowest BCUT2D eigenvalue weighted by Gasteiger charge is -2.24. The van der Waals surface area contributed by atoms with Crippen LogP contribution in [0.1, 0.15) is 18.5 Å². The zero-order valence-corrected chi connectivity index (χ0v) is 9.31. The minimum Gasteiger partial charge on any atom is -0.480 e. The van der Waals surface area contributed by atoms with E-state index in [-0.39, 0.29) is 5.69 Å². The van der Waals surface area contributed by atoms with Gasteiger partial charge in [0.25, 0.3) is 0 Å². The molecule has 0 bridgehead atoms. The summed E-state index contributed by atoms with van der Waals surface area (Å²) in [7, 11) is 0. The maximum atomic E-state index is 12.5. The highest BCUT2D eigenvalue weighted by Gasteiger charge is 2.35. The van der Waals surface area contributed by atoms with Crippen molar-refractivity contribution in [1.29, 1.82) is 0 Å². The highest BCUT2D eigenvalue weighted by molar-refractivity contribution is 5.79. The van der Waals surface area contributed by atoms with E-state index >= 15 is 0 Å². The molecule has 1 aromatic rings. The van der Waals surface area contributed by atoms with Crippen molar-refractivity contribution in [3.05, 3.63) is 24.0 Å². The predicted octanol–water partition coefficient (Wildman–Crippen LogP) is 2.15. The molecule has 4 nitrogen and oxygen atoms in total. The predicted molar refractivity (Wildman–Crippen MR) is 57.2 cm³/mol. The normalized spacial score (nSPS) is 20.2. The Kier molecular flexibility index (Phi) is 3.14. The summed E-state index contributed by atoms with van der Waals surface area (Å²) in [5.41, 5.74) is -0.752. The molecule has 0 aromatic carbocycles. The number of hydrogen-bond acceptors (Lipinski definition) is 3. The van der Waals surface area contributed by atoms with Gasteiger partial charge < -0.3 is 10.0 Å². The Hall–Kier alpha value is -1.79. The number of aliphatic carboxylic acids is 1. The van der Waals surface area contributed by atoms with Gasteiger partial charge in [0.1, 0.15) is 11.7 Å². The first-order valence-corrected chi connectivity index (χ1v) is 5.42. The first-order chi connectivity index (χ1) is 8.39. The number of nitrogens with zero attached hydrogens (tertiary/aromatic N) is 2. The highest BCUT2D eigenvalue weighted by atomic mass is 19.4. The largest absolute Gasteiger partial charge is 0.480 e. The fraction of sp³-hybridized carbons (Fsp3) is 0.455. The van der Waals surface area contributed by atoms with E-state index in [1.165, 1.54) is 11.0 Å². The Labute approximate surface area is 101 Å². The van der Waals surface area contributed by atoms with Crippen molar-refractivity contribution in [2.24, 2.45) is 0 Å². The van der Waals surface area contributed by atoms with Gasteiger partial charge in [-0.05, 0) is 25.0 Å². The second kappa shape index (κ2) is 4.47. The van der Waals surface area contributed by atoms with Crippen LogP contribution in [-0.4, -0.2) is 28.6 Å². The third-order valence-electron chi connectivity index (χ3n) is 2.90. The Balaban J connectivity index is 2.31. The van der Waals surface area contributed by atoms with Crippen LogP contribution in [0.5, 0.6) is 0 Å². The van der Waals surface area contributed by atoms with E-state index in [1.807, 2.05) is 0 Å². The van der Waals surface area contributed by atoms with Gasteiger partial charge in [0, 0.05) is 18.4 Å². The van der Waals surface area contributed by atoms with Crippen molar-refractivity contribution >= 4 is 11.7 Å². The van der Waals surface area contributed by atoms with Crippen LogP contribution in [0, 0.1) is 0 Å². The van der Waals surface area contributed by atoms with Gasteiger partial charge in [0.2, 0.25) is 0 Å². The van der Waals surface area contributed by atoms with Gasteiger partial charge in [-0.2, -0.15) is 13.2 Å². The standard InChI is InChI=1S/C11H11F3N2O2/c12-11(13,14)9-6-7(3-4-15-9)16-5-1-2-8(16)10(17)18/h3-4,6,8H,1-2,5H2,(H,17,18). The average Bonchev–Trinajstić information content (AvgIpc) is 2.77. The van der Waals surface area contributed by atoms with Gasteiger partial charge >= 0.3 is 12.1 Å². The molecule has 0 spiro atoms. The molecule has 0 aliphatic carbocycles. The van der Waals surface area contributed by atoms with Gasteiger partial charge in [-0.25, -0.2) is 4.79 Å². The highest BCUT2D eigenvalue weighted by Crippen LogP contribution is 2.32. The Morgan fingerprint density at radius 2 is 2.22 bits per heavy atom. The van der Waals surface area contributed by atoms with Crippen molar-refractivity contribution in [2.45, 2.75) is 25.1 Å². The molecule has 1 unspecified atom stereocenters. The molecule has 1 saturated heterocycles. The molecule has 1 fully saturated rings. The van der Waals surface area contributed by atoms with E-state index in [0.717, 1.165) is 12.3 Å². The van der Waals surface area contributed by atoms with Crippen molar-refractivity contribution < 1.29 is 23.1 Å². The van der Waals surface area contributed by atoms with Gasteiger partial charge in [0.15, 0.2) is 0 Å². The summed E-state index contributed by atoms with van der Waals surface area (Å²) in [5.74, 6) is -1.02. The minimum absolute atomic E-state index is 0.252. The van der Waals surface area contributed by atoms with Gasteiger partial charge in [-0.3, -0.25) is 4.98 Å². The molecule has 1 N–H and O–H groups in total. The van der Waals surface area contributed by atoms with Crippen molar-refractivity contribution in [3.8, 4) is 0 Å². The molecular formula is C11H11F3N2O2. The number of halogens is 3. The maximum absolute atomic E-state index is 12.5. The van der Waals surface area contributed by atoms with Crippen LogP contribution >= 0.6 is 0 Å². The number of alkyl halides is 3. The van der Waals surface area contributed by atoms with Crippen LogP contribution in [0.3, 0.4) is 0 Å². The molecule has 0 amide bonds. The van der Waals surface area contributed by atoms with Crippen LogP contribution < -0.4 is 4.90 Å². The molecule has 2 heterocycles. The summed E-state index contributed by atoms with van der Waals surface area (Å²) >= 11 is 0. The molecule has 7 heteroatoms. The van der Waals surface area contributed by atoms with Gasteiger partial charge in [0.05, 0.1) is 0 Å². The van der Waals surface area contributed by atoms with Crippen LogP contribution in [0.4, 0.5) is 18.9 Å². The van der Waals surface area contributed by atoms with E-state index in [9.17, 15) is 18.0 Å². The van der Waals surface area contributed by atoms with Crippen LogP contribution in [0.25, 0.3) is 0 Å². The summed E-state index contributed by atoms with van der Waals surface area (Å²) in [6.45, 7) is 0.443. The maximum Gasteiger partial charge on any atom is 0.433 e. The molecule has 98 valence electrons. The van der Waals surface area contributed by atoms with Crippen LogP contribution in [-0.2, 0) is 11.0 Å². The number of carboxylic acid groups (broad SMARTS) is 1. The molecule has 1 aliphatic heterocycles. The third kappa shape index (κ3) is 2.39. The lowest BCUT2D eigenvalue weighted by Crippen LogP contribution is -2.36. The molecule has 2 rings (SSSR count). The summed E-state index contributed by atoms with van der Waals surface area (Å²) in [6.07, 6.45) is -2.37. The topological polar surface area (TPSA) is 53.4 Å². The van der Waals surface area contributed by atoms with Crippen molar-refractivity contribution in [3.63, 3.8) is 0 Å². The van der Waals surface area contributed by atoms with Gasteiger partial charge in [-0.1, -0.05) is 0 Å². The van der Waals surface area contributed by atoms with E-state index in [1.54, 1.807) is 0 Å². The van der Waals surface area contributed by atoms with E-state index < -0.39 is 23.9 Å². The molecular weight excluding hydrogens is 249 g/mol. The monoisotopic (exact) mass is 260 g/mol. The molecule has 0 saturated carbocycles. The number of pyridine rings is 1. The average molecular weight is 260 g/mol. The fourth-order valence-corrected chi connectivity index (χ4v) is 2.09. The molecule has 1 aliphatic rings. The van der Waals surface area contributed by atoms with Crippen LogP contribution in [0.2, 0.25) is 0 Å². The Morgan fingerprint density at radius 1 is 1.50 bits per heavy atom. The molecule has 18 heavy (non-hydrogen) atoms. The summed E-state index contributed by atoms with van der Waals surface area (Å²) < 4.78 is 37.5. The van der Waals surface area contributed by atoms with Gasteiger partial charge in [-0.15, -0.1) is 0 Å². The first kappa shape index (κ1) is 12.7. The number of hydrogen-bond donors (Lipinski definition) is 1. The number of rotatable bonds is 2. The van der Waals surface area contributed by atoms with E-state index in [4.69, 9.17) is 5.11 Å². The zero-order valence-electron chi connectivity index (χ0n) is 9.31. The van der Waals surface area contributed by atoms with Crippen LogP contribution in [0.15, 0.2) is 18.3 Å². The van der Waals surface area contributed by atoms with E-state index in [0.29, 0.717) is 19.4 Å². The second-order valence-electron chi connectivity index (χ2n) is 4.09. The number of carboxylic acids is 1.